The summed E-state index contributed by atoms with van der Waals surface area (Å²) in [5.41, 5.74) is 2.93. The van der Waals surface area contributed by atoms with Crippen molar-refractivity contribution in [1.29, 1.82) is 0 Å². The molecule has 0 radical (unpaired) electrons. The number of aromatic nitrogens is 1. The molecule has 2 rings (SSSR count). The Morgan fingerprint density at radius 1 is 1.19 bits per heavy atom. The minimum atomic E-state index is -0.181. The highest BCUT2D eigenvalue weighted by molar-refractivity contribution is 5.97. The fraction of sp³-hybridized carbons (Fsp3) is 0.381. The van der Waals surface area contributed by atoms with Gasteiger partial charge in [-0.15, -0.1) is 0 Å². The van der Waals surface area contributed by atoms with E-state index in [0.29, 0.717) is 22.6 Å². The summed E-state index contributed by atoms with van der Waals surface area (Å²) in [5.74, 6) is 0.633. The first-order valence-corrected chi connectivity index (χ1v) is 8.87. The Kier molecular flexibility index (Phi) is 6.93. The van der Waals surface area contributed by atoms with E-state index in [4.69, 9.17) is 9.47 Å². The van der Waals surface area contributed by atoms with Crippen molar-refractivity contribution in [2.45, 2.75) is 39.7 Å². The molecule has 0 fully saturated rings. The average Bonchev–Trinajstić information content (AvgIpc) is 2.66. The van der Waals surface area contributed by atoms with Gasteiger partial charge < -0.3 is 14.8 Å². The lowest BCUT2D eigenvalue weighted by Crippen LogP contribution is -2.31. The number of carbonyl (C=O) groups is 2. The Morgan fingerprint density at radius 2 is 1.85 bits per heavy atom. The van der Waals surface area contributed by atoms with Gasteiger partial charge in [0.1, 0.15) is 0 Å². The number of nitrogens with zero attached hydrogens (tertiary/aromatic N) is 1. The number of amides is 1. The molecule has 1 N–H and O–H groups in total. The maximum absolute atomic E-state index is 12.7. The number of hydrogen-bond donors (Lipinski definition) is 1. The second-order valence-corrected chi connectivity index (χ2v) is 6.33. The van der Waals surface area contributed by atoms with Gasteiger partial charge in [-0.1, -0.05) is 13.0 Å². The van der Waals surface area contributed by atoms with Crippen LogP contribution in [-0.4, -0.2) is 30.9 Å². The number of aryl methyl sites for hydroxylation is 1. The van der Waals surface area contributed by atoms with Crippen molar-refractivity contribution in [2.75, 3.05) is 14.2 Å². The highest BCUT2D eigenvalue weighted by Gasteiger charge is 2.20. The third kappa shape index (κ3) is 4.84. The topological polar surface area (TPSA) is 77.5 Å². The van der Waals surface area contributed by atoms with Crippen LogP contribution in [0.5, 0.6) is 11.5 Å². The molecule has 1 heterocycles. The number of nitrogens with one attached hydrogen (secondary N) is 1. The molecule has 144 valence electrons. The quantitative estimate of drug-likeness (QED) is 0.721. The maximum Gasteiger partial charge on any atom is 0.224 e. The van der Waals surface area contributed by atoms with Crippen molar-refractivity contribution in [3.63, 3.8) is 0 Å². The van der Waals surface area contributed by atoms with Crippen LogP contribution in [0.25, 0.3) is 0 Å². The lowest BCUT2D eigenvalue weighted by molar-refractivity contribution is -0.121. The van der Waals surface area contributed by atoms with Crippen LogP contribution in [0.2, 0.25) is 0 Å². The number of pyridine rings is 1. The predicted molar refractivity (Wildman–Crippen MR) is 103 cm³/mol. The number of hydrogen-bond acceptors (Lipinski definition) is 5. The van der Waals surface area contributed by atoms with Gasteiger partial charge in [0.25, 0.3) is 0 Å². The molecule has 1 amide bonds. The van der Waals surface area contributed by atoms with Crippen molar-refractivity contribution in [3.05, 3.63) is 52.8 Å². The first kappa shape index (κ1) is 20.4. The molecule has 0 spiro atoms. The van der Waals surface area contributed by atoms with Crippen LogP contribution in [0, 0.1) is 6.92 Å². The molecule has 0 saturated heterocycles. The van der Waals surface area contributed by atoms with Gasteiger partial charge in [0.2, 0.25) is 5.91 Å². The van der Waals surface area contributed by atoms with Gasteiger partial charge in [-0.3, -0.25) is 14.6 Å². The lowest BCUT2D eigenvalue weighted by atomic mass is 9.99. The third-order valence-corrected chi connectivity index (χ3v) is 4.46. The van der Waals surface area contributed by atoms with Crippen LogP contribution in [0.4, 0.5) is 0 Å². The summed E-state index contributed by atoms with van der Waals surface area (Å²) in [4.78, 5) is 29.1. The zero-order valence-corrected chi connectivity index (χ0v) is 16.5. The molecule has 1 aromatic heterocycles. The van der Waals surface area contributed by atoms with E-state index in [2.05, 4.69) is 10.3 Å². The number of methoxy groups -OCH3 is 2. The summed E-state index contributed by atoms with van der Waals surface area (Å²) in [7, 11) is 3.03. The Balaban J connectivity index is 2.26. The Labute approximate surface area is 159 Å². The summed E-state index contributed by atoms with van der Waals surface area (Å²) in [6.45, 7) is 5.44. The number of ketones is 1. The minimum Gasteiger partial charge on any atom is -0.493 e. The molecule has 1 atom stereocenters. The zero-order valence-electron chi connectivity index (χ0n) is 16.5. The van der Waals surface area contributed by atoms with Gasteiger partial charge in [0, 0.05) is 11.8 Å². The fourth-order valence-electron chi connectivity index (χ4n) is 3.04. The van der Waals surface area contributed by atoms with Crippen molar-refractivity contribution in [1.82, 2.24) is 10.3 Å². The summed E-state index contributed by atoms with van der Waals surface area (Å²) in [6, 6.07) is 6.96. The Hall–Kier alpha value is -2.89. The van der Waals surface area contributed by atoms with E-state index in [-0.39, 0.29) is 24.2 Å². The molecule has 0 bridgehead atoms. The second-order valence-electron chi connectivity index (χ2n) is 6.33. The zero-order chi connectivity index (χ0) is 20.0. The van der Waals surface area contributed by atoms with Crippen molar-refractivity contribution in [3.8, 4) is 11.5 Å². The predicted octanol–water partition coefficient (Wildman–Crippen LogP) is 3.42. The number of benzene rings is 1. The Bertz CT molecular complexity index is 833. The van der Waals surface area contributed by atoms with E-state index in [0.717, 1.165) is 17.7 Å². The van der Waals surface area contributed by atoms with Crippen LogP contribution in [0.15, 0.2) is 30.5 Å². The number of carbonyl (C=O) groups excluding carboxylic acids is 2. The van der Waals surface area contributed by atoms with Crippen molar-refractivity contribution in [2.24, 2.45) is 0 Å². The van der Waals surface area contributed by atoms with Crippen LogP contribution in [-0.2, 0) is 11.2 Å². The van der Waals surface area contributed by atoms with Gasteiger partial charge in [-0.2, -0.15) is 0 Å². The normalized spacial score (nSPS) is 11.6. The van der Waals surface area contributed by atoms with Crippen LogP contribution in [0.3, 0.4) is 0 Å². The highest BCUT2D eigenvalue weighted by atomic mass is 16.5. The van der Waals surface area contributed by atoms with E-state index in [1.54, 1.807) is 18.3 Å². The minimum absolute atomic E-state index is 0.0671. The highest BCUT2D eigenvalue weighted by Crippen LogP contribution is 2.31. The van der Waals surface area contributed by atoms with Gasteiger partial charge in [0.05, 0.1) is 32.4 Å². The van der Waals surface area contributed by atoms with E-state index < -0.39 is 0 Å². The monoisotopic (exact) mass is 370 g/mol. The maximum atomic E-state index is 12.7. The first-order chi connectivity index (χ1) is 12.9. The van der Waals surface area contributed by atoms with E-state index in [1.807, 2.05) is 26.0 Å². The molecule has 0 saturated carbocycles. The largest absolute Gasteiger partial charge is 0.493 e. The summed E-state index contributed by atoms with van der Waals surface area (Å²) in [6.07, 6.45) is 2.51. The van der Waals surface area contributed by atoms with Crippen LogP contribution in [0.1, 0.15) is 53.5 Å². The van der Waals surface area contributed by atoms with E-state index in [1.165, 1.54) is 21.1 Å². The van der Waals surface area contributed by atoms with Crippen molar-refractivity contribution < 1.29 is 19.1 Å². The third-order valence-electron chi connectivity index (χ3n) is 4.46. The molecule has 6 nitrogen and oxygen atoms in total. The van der Waals surface area contributed by atoms with Crippen LogP contribution >= 0.6 is 0 Å². The van der Waals surface area contributed by atoms with E-state index >= 15 is 0 Å². The average molecular weight is 370 g/mol. The summed E-state index contributed by atoms with van der Waals surface area (Å²) < 4.78 is 10.6. The van der Waals surface area contributed by atoms with E-state index in [9.17, 15) is 9.59 Å². The van der Waals surface area contributed by atoms with Crippen LogP contribution < -0.4 is 14.8 Å². The molecule has 2 aromatic rings. The lowest BCUT2D eigenvalue weighted by Gasteiger charge is -2.19. The molecule has 0 aliphatic carbocycles. The second kappa shape index (κ2) is 9.16. The molecular formula is C21H26N2O4. The number of ether oxygens (including phenoxy) is 2. The summed E-state index contributed by atoms with van der Waals surface area (Å²) in [5, 5.41) is 3.02. The molecular weight excluding hydrogens is 344 g/mol. The van der Waals surface area contributed by atoms with Gasteiger partial charge in [-0.25, -0.2) is 0 Å². The molecule has 27 heavy (non-hydrogen) atoms. The molecule has 0 unspecified atom stereocenters. The molecule has 1 aromatic carbocycles. The van der Waals surface area contributed by atoms with Gasteiger partial charge in [-0.05, 0) is 49.6 Å². The Morgan fingerprint density at radius 3 is 2.41 bits per heavy atom. The van der Waals surface area contributed by atoms with Crippen molar-refractivity contribution >= 4 is 11.7 Å². The molecule has 0 aliphatic rings. The smallest absolute Gasteiger partial charge is 0.224 e. The SMILES string of the molecule is CC[C@@H](NC(=O)Cc1cc(OC)c(OC)cc1C(C)=O)c1ncccc1C. The number of rotatable bonds is 8. The molecule has 0 aliphatic heterocycles. The first-order valence-electron chi connectivity index (χ1n) is 8.87. The summed E-state index contributed by atoms with van der Waals surface area (Å²) >= 11 is 0. The molecule has 6 heteroatoms. The fourth-order valence-corrected chi connectivity index (χ4v) is 3.04. The van der Waals surface area contributed by atoms with Gasteiger partial charge >= 0.3 is 0 Å². The van der Waals surface area contributed by atoms with Gasteiger partial charge in [0.15, 0.2) is 17.3 Å². The number of Topliss-reactive ketones (excluding diaryl/α,β-unsaturated/α-hetero) is 1. The standard InChI is InChI=1S/C21H26N2O4/c1-6-17(21-13(2)8-7-9-22-21)23-20(25)11-15-10-18(26-4)19(27-5)12-16(15)14(3)24/h7-10,12,17H,6,11H2,1-5H3,(H,23,25)/t17-/m1/s1.